The van der Waals surface area contributed by atoms with Crippen LogP contribution in [0.4, 0.5) is 0 Å². The predicted molar refractivity (Wildman–Crippen MR) is 251 cm³/mol. The molecule has 0 amide bonds. The van der Waals surface area contributed by atoms with Crippen LogP contribution in [0.5, 0.6) is 0 Å². The first-order valence-corrected chi connectivity index (χ1v) is 20.4. The van der Waals surface area contributed by atoms with Crippen LogP contribution in [0.1, 0.15) is 0 Å². The third-order valence-electron chi connectivity index (χ3n) is 12.2. The Morgan fingerprint density at radius 3 is 1.63 bits per heavy atom. The number of rotatable bonds is 5. The molecule has 0 bridgehead atoms. The molecule has 2 heterocycles. The lowest BCUT2D eigenvalue weighted by molar-refractivity contribution is 0.669. The van der Waals surface area contributed by atoms with Crippen molar-refractivity contribution < 1.29 is 4.42 Å². The number of para-hydroxylation sites is 2. The van der Waals surface area contributed by atoms with E-state index in [4.69, 9.17) is 4.42 Å². The zero-order valence-corrected chi connectivity index (χ0v) is 32.5. The molecule has 0 radical (unpaired) electrons. The van der Waals surface area contributed by atoms with Crippen LogP contribution in [-0.4, -0.2) is 4.57 Å². The number of aromatic nitrogens is 1. The van der Waals surface area contributed by atoms with Crippen molar-refractivity contribution in [3.63, 3.8) is 0 Å². The Kier molecular flexibility index (Phi) is 7.69. The minimum absolute atomic E-state index is 0.0236. The van der Waals surface area contributed by atoms with Crippen molar-refractivity contribution in [2.75, 3.05) is 0 Å². The second-order valence-electron chi connectivity index (χ2n) is 15.5. The Bertz CT molecular complexity index is 3710. The van der Waals surface area contributed by atoms with Gasteiger partial charge in [0.15, 0.2) is 0 Å². The first kappa shape index (κ1) is 34.1. The standard InChI is InChI=1S/C57H35NO2/c59-57-46-21-10-7-18-42(46)49-34-40(31-33-51(49)58(57)41-16-5-2-6-17-41)39-30-32-45-50(35-39)55(48-23-13-25-53-56(48)47-22-11-12-24-52(47)60-53)44-20-9-8-19-43(44)54(45)38-28-26-37(27-29-38)36-14-3-1-4-15-36/h1-35H. The second kappa shape index (κ2) is 13.5. The van der Waals surface area contributed by atoms with Crippen LogP contribution in [0, 0.1) is 0 Å². The number of hydrogen-bond acceptors (Lipinski definition) is 2. The van der Waals surface area contributed by atoms with Crippen molar-refractivity contribution in [3.05, 3.63) is 223 Å². The minimum Gasteiger partial charge on any atom is -0.456 e. The lowest BCUT2D eigenvalue weighted by atomic mass is 9.83. The summed E-state index contributed by atoms with van der Waals surface area (Å²) in [4.78, 5) is 14.1. The average molecular weight is 766 g/mol. The molecule has 12 aromatic rings. The molecule has 0 N–H and O–H groups in total. The normalized spacial score (nSPS) is 11.7. The van der Waals surface area contributed by atoms with E-state index in [1.807, 2.05) is 59.2 Å². The number of furan rings is 1. The van der Waals surface area contributed by atoms with Crippen LogP contribution >= 0.6 is 0 Å². The summed E-state index contributed by atoms with van der Waals surface area (Å²) in [5.41, 5.74) is 12.7. The molecule has 0 atom stereocenters. The molecule has 0 aliphatic carbocycles. The Balaban J connectivity index is 1.16. The molecule has 0 unspecified atom stereocenters. The summed E-state index contributed by atoms with van der Waals surface area (Å²) in [5, 5.41) is 9.59. The molecular formula is C57H35NO2. The van der Waals surface area contributed by atoms with Crippen LogP contribution in [0.15, 0.2) is 222 Å². The summed E-state index contributed by atoms with van der Waals surface area (Å²) in [6, 6.07) is 74.5. The van der Waals surface area contributed by atoms with Gasteiger partial charge < -0.3 is 4.42 Å². The Hall–Kier alpha value is -8.01. The number of pyridine rings is 1. The van der Waals surface area contributed by atoms with Crippen LogP contribution in [0.25, 0.3) is 115 Å². The van der Waals surface area contributed by atoms with E-state index in [2.05, 4.69) is 158 Å². The van der Waals surface area contributed by atoms with Gasteiger partial charge in [0.1, 0.15) is 11.2 Å². The van der Waals surface area contributed by atoms with Gasteiger partial charge in [0, 0.05) is 27.2 Å². The number of hydrogen-bond donors (Lipinski definition) is 0. The molecule has 0 fully saturated rings. The fourth-order valence-electron chi connectivity index (χ4n) is 9.50. The van der Waals surface area contributed by atoms with Crippen molar-refractivity contribution in [1.29, 1.82) is 0 Å². The van der Waals surface area contributed by atoms with Crippen LogP contribution in [-0.2, 0) is 0 Å². The molecule has 10 aromatic carbocycles. The predicted octanol–water partition coefficient (Wildman–Crippen LogP) is 15.0. The monoisotopic (exact) mass is 765 g/mol. The van der Waals surface area contributed by atoms with E-state index >= 15 is 0 Å². The zero-order valence-electron chi connectivity index (χ0n) is 32.5. The van der Waals surface area contributed by atoms with Gasteiger partial charge in [0.05, 0.1) is 5.52 Å². The van der Waals surface area contributed by atoms with E-state index in [1.165, 1.54) is 44.0 Å². The SMILES string of the molecule is O=c1c2ccccc2c2cc(-c3ccc4c(-c5ccc(-c6ccccc6)cc5)c5ccccc5c(-c5cccc6oc7ccccc7c56)c4c3)ccc2n1-c1ccccc1. The lowest BCUT2D eigenvalue weighted by Crippen LogP contribution is -2.19. The topological polar surface area (TPSA) is 35.1 Å². The maximum absolute atomic E-state index is 14.1. The molecular weight excluding hydrogens is 731 g/mol. The molecule has 3 heteroatoms. The number of benzene rings is 10. The van der Waals surface area contributed by atoms with Gasteiger partial charge in [0.25, 0.3) is 5.56 Å². The summed E-state index contributed by atoms with van der Waals surface area (Å²) in [6.07, 6.45) is 0. The van der Waals surface area contributed by atoms with Gasteiger partial charge in [0.2, 0.25) is 0 Å². The second-order valence-corrected chi connectivity index (χ2v) is 15.5. The summed E-state index contributed by atoms with van der Waals surface area (Å²) in [6.45, 7) is 0. The summed E-state index contributed by atoms with van der Waals surface area (Å²) < 4.78 is 8.32. The van der Waals surface area contributed by atoms with Gasteiger partial charge in [-0.2, -0.15) is 0 Å². The highest BCUT2D eigenvalue weighted by atomic mass is 16.3. The Morgan fingerprint density at radius 2 is 0.867 bits per heavy atom. The summed E-state index contributed by atoms with van der Waals surface area (Å²) in [5.74, 6) is 0. The van der Waals surface area contributed by atoms with Gasteiger partial charge >= 0.3 is 0 Å². The van der Waals surface area contributed by atoms with Crippen molar-refractivity contribution >= 4 is 65.2 Å². The highest BCUT2D eigenvalue weighted by molar-refractivity contribution is 6.26. The molecule has 12 rings (SSSR count). The van der Waals surface area contributed by atoms with E-state index in [1.54, 1.807) is 0 Å². The molecule has 0 aliphatic rings. The Labute approximate surface area is 345 Å². The van der Waals surface area contributed by atoms with Crippen molar-refractivity contribution in [2.45, 2.75) is 0 Å². The molecule has 60 heavy (non-hydrogen) atoms. The van der Waals surface area contributed by atoms with Gasteiger partial charge in [-0.05, 0) is 120 Å². The molecule has 0 saturated carbocycles. The first-order valence-electron chi connectivity index (χ1n) is 20.4. The molecule has 0 saturated heterocycles. The Morgan fingerprint density at radius 1 is 0.333 bits per heavy atom. The maximum atomic E-state index is 14.1. The van der Waals surface area contributed by atoms with Gasteiger partial charge in [-0.25, -0.2) is 0 Å². The van der Waals surface area contributed by atoms with Crippen molar-refractivity contribution in [3.8, 4) is 50.2 Å². The fraction of sp³-hybridized carbons (Fsp3) is 0. The van der Waals surface area contributed by atoms with E-state index in [-0.39, 0.29) is 5.56 Å². The highest BCUT2D eigenvalue weighted by Crippen LogP contribution is 2.48. The molecule has 0 spiro atoms. The fourth-order valence-corrected chi connectivity index (χ4v) is 9.50. The van der Waals surface area contributed by atoms with E-state index in [0.717, 1.165) is 66.0 Å². The van der Waals surface area contributed by atoms with Gasteiger partial charge in [-0.3, -0.25) is 9.36 Å². The van der Waals surface area contributed by atoms with Gasteiger partial charge in [-0.1, -0.05) is 164 Å². The van der Waals surface area contributed by atoms with Crippen molar-refractivity contribution in [2.24, 2.45) is 0 Å². The van der Waals surface area contributed by atoms with Crippen LogP contribution in [0.3, 0.4) is 0 Å². The smallest absolute Gasteiger partial charge is 0.263 e. The van der Waals surface area contributed by atoms with E-state index in [0.29, 0.717) is 5.39 Å². The highest BCUT2D eigenvalue weighted by Gasteiger charge is 2.21. The third kappa shape index (κ3) is 5.26. The molecule has 3 nitrogen and oxygen atoms in total. The van der Waals surface area contributed by atoms with Crippen molar-refractivity contribution in [1.82, 2.24) is 4.57 Å². The number of nitrogens with zero attached hydrogens (tertiary/aromatic N) is 1. The van der Waals surface area contributed by atoms with Crippen LogP contribution in [0.2, 0.25) is 0 Å². The number of fused-ring (bicyclic) bond motifs is 8. The lowest BCUT2D eigenvalue weighted by Gasteiger charge is -2.20. The quantitative estimate of drug-likeness (QED) is 0.129. The minimum atomic E-state index is -0.0236. The largest absolute Gasteiger partial charge is 0.456 e. The molecule has 0 aliphatic heterocycles. The summed E-state index contributed by atoms with van der Waals surface area (Å²) >= 11 is 0. The average Bonchev–Trinajstić information content (AvgIpc) is 3.71. The van der Waals surface area contributed by atoms with Crippen LogP contribution < -0.4 is 5.56 Å². The third-order valence-corrected chi connectivity index (χ3v) is 12.2. The van der Waals surface area contributed by atoms with E-state index < -0.39 is 0 Å². The molecule has 280 valence electrons. The molecule has 2 aromatic heterocycles. The maximum Gasteiger partial charge on any atom is 0.263 e. The first-order chi connectivity index (χ1) is 29.7. The summed E-state index contributed by atoms with van der Waals surface area (Å²) in [7, 11) is 0. The van der Waals surface area contributed by atoms with E-state index in [9.17, 15) is 4.79 Å². The zero-order chi connectivity index (χ0) is 39.7. The van der Waals surface area contributed by atoms with Gasteiger partial charge in [-0.15, -0.1) is 0 Å².